The minimum Gasteiger partial charge on any atom is -0.491 e. The molecular formula is C21H19F3N6O. The fourth-order valence-corrected chi connectivity index (χ4v) is 4.39. The zero-order valence-electron chi connectivity index (χ0n) is 16.4. The highest BCUT2D eigenvalue weighted by Gasteiger charge is 2.39. The van der Waals surface area contributed by atoms with Gasteiger partial charge in [0.15, 0.2) is 0 Å². The number of hydrogen-bond acceptors (Lipinski definition) is 6. The monoisotopic (exact) mass is 428 g/mol. The van der Waals surface area contributed by atoms with Gasteiger partial charge in [-0.25, -0.2) is 9.97 Å². The van der Waals surface area contributed by atoms with Crippen LogP contribution in [-0.4, -0.2) is 45.6 Å². The zero-order valence-corrected chi connectivity index (χ0v) is 16.4. The van der Waals surface area contributed by atoms with Crippen LogP contribution in [0.3, 0.4) is 0 Å². The lowest BCUT2D eigenvalue weighted by Crippen LogP contribution is -2.47. The molecule has 31 heavy (non-hydrogen) atoms. The van der Waals surface area contributed by atoms with E-state index in [-0.39, 0.29) is 29.0 Å². The molecule has 3 aromatic rings. The van der Waals surface area contributed by atoms with Gasteiger partial charge in [0.25, 0.3) is 0 Å². The molecule has 0 spiro atoms. The number of rotatable bonds is 3. The Balaban J connectivity index is 1.53. The molecule has 0 amide bonds. The second-order valence-corrected chi connectivity index (χ2v) is 7.81. The van der Waals surface area contributed by atoms with Crippen LogP contribution >= 0.6 is 0 Å². The molecule has 4 heterocycles. The predicted octanol–water partition coefficient (Wildman–Crippen LogP) is 3.74. The van der Waals surface area contributed by atoms with E-state index in [1.165, 1.54) is 6.33 Å². The molecule has 2 aliphatic heterocycles. The average Bonchev–Trinajstić information content (AvgIpc) is 3.41. The molecule has 2 N–H and O–H groups in total. The summed E-state index contributed by atoms with van der Waals surface area (Å²) >= 11 is 0. The summed E-state index contributed by atoms with van der Waals surface area (Å²) in [6, 6.07) is 10.6. The Bertz CT molecular complexity index is 1150. The number of anilines is 1. The number of ether oxygens (including phenoxy) is 1. The van der Waals surface area contributed by atoms with Gasteiger partial charge in [-0.15, -0.1) is 0 Å². The topological polar surface area (TPSA) is 89.9 Å². The second kappa shape index (κ2) is 7.42. The average molecular weight is 428 g/mol. The molecule has 0 radical (unpaired) electrons. The largest absolute Gasteiger partial charge is 0.491 e. The summed E-state index contributed by atoms with van der Waals surface area (Å²) in [5, 5.41) is 12.9. The number of nitrogens with zero attached hydrogens (tertiary/aromatic N) is 4. The van der Waals surface area contributed by atoms with Gasteiger partial charge < -0.3 is 15.0 Å². The molecule has 3 atom stereocenters. The number of nitriles is 1. The van der Waals surface area contributed by atoms with E-state index in [1.54, 1.807) is 0 Å². The van der Waals surface area contributed by atoms with Crippen molar-refractivity contribution in [3.8, 4) is 11.8 Å². The summed E-state index contributed by atoms with van der Waals surface area (Å²) in [5.74, 6) is 1.00. The van der Waals surface area contributed by atoms with Crippen LogP contribution in [-0.2, 0) is 6.18 Å². The second-order valence-electron chi connectivity index (χ2n) is 7.81. The first-order valence-electron chi connectivity index (χ1n) is 9.97. The minimum absolute atomic E-state index is 0.0393. The van der Waals surface area contributed by atoms with Crippen LogP contribution in [0, 0.1) is 17.2 Å². The Hall–Kier alpha value is -3.32. The normalized spacial score (nSPS) is 23.9. The van der Waals surface area contributed by atoms with Crippen LogP contribution in [0.25, 0.3) is 11.0 Å². The number of hydrogen-bond donors (Lipinski definition) is 2. The van der Waals surface area contributed by atoms with Crippen molar-refractivity contribution in [2.45, 2.75) is 24.7 Å². The maximum Gasteiger partial charge on any atom is 0.431 e. The van der Waals surface area contributed by atoms with Crippen LogP contribution in [0.2, 0.25) is 0 Å². The Labute approximate surface area is 175 Å². The number of benzene rings is 1. The molecule has 0 saturated carbocycles. The molecule has 2 aromatic heterocycles. The first kappa shape index (κ1) is 19.6. The molecule has 5 rings (SSSR count). The minimum atomic E-state index is -4.51. The standard InChI is InChI=1S/C21H19F3N6O/c22-21(23,24)17-7-14-19(28-17)26-11-27-20(14)29-18-13-3-1-2-4-16(13)31-10-15(18)30-6-5-12(8-25)9-30/h1-4,7,11-12,15,18H,5-6,9-10H2,(H2,26,27,28,29)/t12-,15+,18+/m1/s1. The summed E-state index contributed by atoms with van der Waals surface area (Å²) < 4.78 is 45.6. The summed E-state index contributed by atoms with van der Waals surface area (Å²) in [6.07, 6.45) is -2.48. The third-order valence-electron chi connectivity index (χ3n) is 5.94. The molecule has 160 valence electrons. The van der Waals surface area contributed by atoms with Gasteiger partial charge in [0, 0.05) is 18.7 Å². The molecule has 0 aliphatic carbocycles. The Kier molecular flexibility index (Phi) is 4.70. The molecule has 2 aliphatic rings. The molecule has 0 unspecified atom stereocenters. The number of para-hydroxylation sites is 1. The van der Waals surface area contributed by atoms with E-state index in [0.717, 1.165) is 30.3 Å². The highest BCUT2D eigenvalue weighted by atomic mass is 19.4. The number of halogens is 3. The van der Waals surface area contributed by atoms with Gasteiger partial charge in [0.2, 0.25) is 0 Å². The number of alkyl halides is 3. The first-order chi connectivity index (χ1) is 14.9. The van der Waals surface area contributed by atoms with E-state index in [9.17, 15) is 18.4 Å². The third-order valence-corrected chi connectivity index (χ3v) is 5.94. The number of fused-ring (bicyclic) bond motifs is 2. The lowest BCUT2D eigenvalue weighted by molar-refractivity contribution is -0.140. The van der Waals surface area contributed by atoms with Gasteiger partial charge in [-0.2, -0.15) is 18.4 Å². The van der Waals surface area contributed by atoms with Crippen LogP contribution in [0.5, 0.6) is 5.75 Å². The van der Waals surface area contributed by atoms with Crippen molar-refractivity contribution in [1.82, 2.24) is 19.9 Å². The number of aromatic nitrogens is 3. The summed E-state index contributed by atoms with van der Waals surface area (Å²) in [5.41, 5.74) is 0.149. The molecule has 0 bridgehead atoms. The molecule has 1 fully saturated rings. The van der Waals surface area contributed by atoms with Crippen LogP contribution in [0.4, 0.5) is 19.0 Å². The van der Waals surface area contributed by atoms with Gasteiger partial charge in [-0.3, -0.25) is 4.90 Å². The number of H-pyrrole nitrogens is 1. The first-order valence-corrected chi connectivity index (χ1v) is 9.97. The van der Waals surface area contributed by atoms with Crippen LogP contribution in [0.15, 0.2) is 36.7 Å². The summed E-state index contributed by atoms with van der Waals surface area (Å²) in [4.78, 5) is 12.7. The zero-order chi connectivity index (χ0) is 21.6. The quantitative estimate of drug-likeness (QED) is 0.661. The lowest BCUT2D eigenvalue weighted by Gasteiger charge is -2.39. The van der Waals surface area contributed by atoms with Gasteiger partial charge >= 0.3 is 6.18 Å². The van der Waals surface area contributed by atoms with Crippen molar-refractivity contribution >= 4 is 16.9 Å². The van der Waals surface area contributed by atoms with E-state index in [1.807, 2.05) is 24.3 Å². The fraction of sp³-hybridized carbons (Fsp3) is 0.381. The van der Waals surface area contributed by atoms with Crippen molar-refractivity contribution in [2.24, 2.45) is 5.92 Å². The maximum absolute atomic E-state index is 13.2. The molecular weight excluding hydrogens is 409 g/mol. The maximum atomic E-state index is 13.2. The number of nitrogens with one attached hydrogen (secondary N) is 2. The van der Waals surface area contributed by atoms with Crippen molar-refractivity contribution in [3.05, 3.63) is 47.9 Å². The van der Waals surface area contributed by atoms with Crippen molar-refractivity contribution in [3.63, 3.8) is 0 Å². The Morgan fingerprint density at radius 3 is 2.87 bits per heavy atom. The fourth-order valence-electron chi connectivity index (χ4n) is 4.39. The smallest absolute Gasteiger partial charge is 0.431 e. The number of aromatic amines is 1. The van der Waals surface area contributed by atoms with E-state index in [0.29, 0.717) is 19.0 Å². The van der Waals surface area contributed by atoms with E-state index in [2.05, 4.69) is 31.2 Å². The SMILES string of the molecule is N#C[C@H]1CCN([C@H]2COc3ccccc3[C@@H]2Nc2ncnc3[nH]c(C(F)(F)F)cc23)C1. The van der Waals surface area contributed by atoms with E-state index in [4.69, 9.17) is 4.74 Å². The number of likely N-dealkylation sites (tertiary alicyclic amines) is 1. The van der Waals surface area contributed by atoms with Gasteiger partial charge in [-0.05, 0) is 18.6 Å². The van der Waals surface area contributed by atoms with E-state index >= 15 is 0 Å². The van der Waals surface area contributed by atoms with E-state index < -0.39 is 11.9 Å². The highest BCUT2D eigenvalue weighted by molar-refractivity contribution is 5.88. The molecule has 10 heteroatoms. The van der Waals surface area contributed by atoms with Crippen molar-refractivity contribution in [2.75, 3.05) is 25.0 Å². The van der Waals surface area contributed by atoms with Gasteiger partial charge in [0.05, 0.1) is 29.5 Å². The van der Waals surface area contributed by atoms with Gasteiger partial charge in [-0.1, -0.05) is 18.2 Å². The Morgan fingerprint density at radius 1 is 1.26 bits per heavy atom. The predicted molar refractivity (Wildman–Crippen MR) is 106 cm³/mol. The Morgan fingerprint density at radius 2 is 2.10 bits per heavy atom. The lowest BCUT2D eigenvalue weighted by atomic mass is 9.95. The third kappa shape index (κ3) is 3.55. The highest BCUT2D eigenvalue weighted by Crippen LogP contribution is 2.39. The van der Waals surface area contributed by atoms with Crippen molar-refractivity contribution in [1.29, 1.82) is 5.26 Å². The molecule has 1 aromatic carbocycles. The molecule has 7 nitrogen and oxygen atoms in total. The van der Waals surface area contributed by atoms with Crippen molar-refractivity contribution < 1.29 is 17.9 Å². The van der Waals surface area contributed by atoms with Crippen LogP contribution < -0.4 is 10.1 Å². The molecule has 1 saturated heterocycles. The summed E-state index contributed by atoms with van der Waals surface area (Å²) in [6.45, 7) is 1.79. The summed E-state index contributed by atoms with van der Waals surface area (Å²) in [7, 11) is 0. The van der Waals surface area contributed by atoms with Gasteiger partial charge in [0.1, 0.15) is 35.8 Å². The van der Waals surface area contributed by atoms with Crippen LogP contribution in [0.1, 0.15) is 23.7 Å².